The van der Waals surface area contributed by atoms with Gasteiger partial charge in [-0.2, -0.15) is 0 Å². The summed E-state index contributed by atoms with van der Waals surface area (Å²) in [4.78, 5) is 17.5. The number of nitrogens with zero attached hydrogens (tertiary/aromatic N) is 2. The molecule has 0 amide bonds. The first-order chi connectivity index (χ1) is 13.9. The highest BCUT2D eigenvalue weighted by atomic mass is 19.1. The van der Waals surface area contributed by atoms with E-state index in [-0.39, 0.29) is 11.6 Å². The van der Waals surface area contributed by atoms with Gasteiger partial charge in [-0.25, -0.2) is 13.6 Å². The number of fused-ring (bicyclic) bond motifs is 1. The first kappa shape index (κ1) is 19.0. The Morgan fingerprint density at radius 3 is 2.83 bits per heavy atom. The zero-order valence-corrected chi connectivity index (χ0v) is 15.7. The number of aromatic nitrogens is 1. The van der Waals surface area contributed by atoms with Gasteiger partial charge in [-0.1, -0.05) is 12.1 Å². The Kier molecular flexibility index (Phi) is 4.98. The number of hydrogen-bond donors (Lipinski definition) is 2. The normalized spacial score (nSPS) is 15.9. The van der Waals surface area contributed by atoms with Gasteiger partial charge in [0.05, 0.1) is 23.5 Å². The molecule has 1 aliphatic heterocycles. The SMILES string of the molecule is CN1Cc2cc(-c3ccc(F)cc3F)ccc2[C@@H]1CNc1cnccc1C(=O)O. The Bertz CT molecular complexity index is 1090. The third-order valence-electron chi connectivity index (χ3n) is 5.23. The number of rotatable bonds is 5. The standard InChI is InChI=1S/C22H19F2N3O2/c1-27-12-14-8-13(16-5-3-15(23)9-19(16)24)2-4-17(14)21(27)11-26-20-10-25-7-6-18(20)22(28)29/h2-10,21,26H,11-12H2,1H3,(H,28,29)/t21-/m0/s1. The van der Waals surface area contributed by atoms with Crippen LogP contribution in [0.2, 0.25) is 0 Å². The van der Waals surface area contributed by atoms with Gasteiger partial charge in [0.15, 0.2) is 0 Å². The van der Waals surface area contributed by atoms with E-state index in [1.165, 1.54) is 30.6 Å². The van der Waals surface area contributed by atoms with Gasteiger partial charge >= 0.3 is 5.97 Å². The zero-order chi connectivity index (χ0) is 20.5. The van der Waals surface area contributed by atoms with Gasteiger partial charge in [-0.05, 0) is 48.0 Å². The highest BCUT2D eigenvalue weighted by Gasteiger charge is 2.28. The van der Waals surface area contributed by atoms with Crippen molar-refractivity contribution < 1.29 is 18.7 Å². The van der Waals surface area contributed by atoms with E-state index < -0.39 is 17.6 Å². The molecule has 2 heterocycles. The molecule has 0 radical (unpaired) electrons. The third-order valence-corrected chi connectivity index (χ3v) is 5.23. The predicted octanol–water partition coefficient (Wildman–Crippen LogP) is 4.32. The van der Waals surface area contributed by atoms with Crippen molar-refractivity contribution in [3.05, 3.63) is 83.2 Å². The van der Waals surface area contributed by atoms with Crippen molar-refractivity contribution in [2.24, 2.45) is 0 Å². The lowest BCUT2D eigenvalue weighted by Gasteiger charge is -2.22. The Labute approximate surface area is 166 Å². The van der Waals surface area contributed by atoms with Crippen LogP contribution >= 0.6 is 0 Å². The third kappa shape index (κ3) is 3.69. The second-order valence-electron chi connectivity index (χ2n) is 7.08. The zero-order valence-electron chi connectivity index (χ0n) is 15.7. The maximum absolute atomic E-state index is 14.1. The molecule has 2 aromatic carbocycles. The Morgan fingerprint density at radius 1 is 1.24 bits per heavy atom. The number of carbonyl (C=O) groups is 1. The summed E-state index contributed by atoms with van der Waals surface area (Å²) in [6.45, 7) is 1.18. The number of aromatic carboxylic acids is 1. The van der Waals surface area contributed by atoms with E-state index in [4.69, 9.17) is 0 Å². The Hall–Kier alpha value is -3.32. The number of halogens is 2. The number of carboxylic acids is 1. The van der Waals surface area contributed by atoms with Crippen molar-refractivity contribution in [1.82, 2.24) is 9.88 Å². The van der Waals surface area contributed by atoms with Gasteiger partial charge in [-0.3, -0.25) is 9.88 Å². The molecule has 148 valence electrons. The van der Waals surface area contributed by atoms with Crippen molar-refractivity contribution in [3.8, 4) is 11.1 Å². The lowest BCUT2D eigenvalue weighted by Crippen LogP contribution is -2.24. The van der Waals surface area contributed by atoms with E-state index in [9.17, 15) is 18.7 Å². The monoisotopic (exact) mass is 395 g/mol. The number of anilines is 1. The van der Waals surface area contributed by atoms with Crippen molar-refractivity contribution in [2.75, 3.05) is 18.9 Å². The van der Waals surface area contributed by atoms with Crippen LogP contribution in [0.5, 0.6) is 0 Å². The van der Waals surface area contributed by atoms with E-state index >= 15 is 0 Å². The summed E-state index contributed by atoms with van der Waals surface area (Å²) in [6.07, 6.45) is 2.95. The largest absolute Gasteiger partial charge is 0.478 e. The summed E-state index contributed by atoms with van der Waals surface area (Å²) in [5.41, 5.74) is 3.84. The average molecular weight is 395 g/mol. The molecule has 0 unspecified atom stereocenters. The van der Waals surface area contributed by atoms with Crippen LogP contribution in [0.1, 0.15) is 27.5 Å². The number of nitrogens with one attached hydrogen (secondary N) is 1. The minimum absolute atomic E-state index is 0.0268. The quantitative estimate of drug-likeness (QED) is 0.674. The van der Waals surface area contributed by atoms with Crippen LogP contribution in [0.15, 0.2) is 54.9 Å². The highest BCUT2D eigenvalue weighted by Crippen LogP contribution is 2.36. The molecule has 1 atom stereocenters. The molecule has 3 aromatic rings. The molecule has 0 saturated carbocycles. The summed E-state index contributed by atoms with van der Waals surface area (Å²) in [5.74, 6) is -2.21. The topological polar surface area (TPSA) is 65.5 Å². The van der Waals surface area contributed by atoms with E-state index in [0.29, 0.717) is 29.9 Å². The molecular formula is C22H19F2N3O2. The predicted molar refractivity (Wildman–Crippen MR) is 106 cm³/mol. The maximum atomic E-state index is 14.1. The fourth-order valence-electron chi connectivity index (χ4n) is 3.77. The number of pyridine rings is 1. The van der Waals surface area contributed by atoms with E-state index in [1.807, 2.05) is 25.2 Å². The summed E-state index contributed by atoms with van der Waals surface area (Å²) in [5, 5.41) is 12.5. The van der Waals surface area contributed by atoms with Crippen molar-refractivity contribution in [2.45, 2.75) is 12.6 Å². The van der Waals surface area contributed by atoms with Gasteiger partial charge in [-0.15, -0.1) is 0 Å². The summed E-state index contributed by atoms with van der Waals surface area (Å²) in [7, 11) is 1.98. The van der Waals surface area contributed by atoms with Gasteiger partial charge in [0.1, 0.15) is 11.6 Å². The van der Waals surface area contributed by atoms with Crippen molar-refractivity contribution in [3.63, 3.8) is 0 Å². The molecule has 1 aliphatic rings. The Balaban J connectivity index is 1.58. The van der Waals surface area contributed by atoms with Crippen LogP contribution in [-0.4, -0.2) is 34.6 Å². The van der Waals surface area contributed by atoms with Crippen LogP contribution in [0, 0.1) is 11.6 Å². The van der Waals surface area contributed by atoms with Crippen LogP contribution in [-0.2, 0) is 6.54 Å². The van der Waals surface area contributed by atoms with Gasteiger partial charge in [0.2, 0.25) is 0 Å². The molecule has 7 heteroatoms. The molecule has 2 N–H and O–H groups in total. The summed E-state index contributed by atoms with van der Waals surface area (Å²) >= 11 is 0. The van der Waals surface area contributed by atoms with Crippen molar-refractivity contribution in [1.29, 1.82) is 0 Å². The second kappa shape index (κ2) is 7.60. The highest BCUT2D eigenvalue weighted by molar-refractivity contribution is 5.93. The van der Waals surface area contributed by atoms with Gasteiger partial charge in [0, 0.05) is 30.9 Å². The van der Waals surface area contributed by atoms with Crippen LogP contribution < -0.4 is 5.32 Å². The fraction of sp³-hybridized carbons (Fsp3) is 0.182. The molecule has 5 nitrogen and oxygen atoms in total. The smallest absolute Gasteiger partial charge is 0.337 e. The second-order valence-corrected chi connectivity index (χ2v) is 7.08. The number of hydrogen-bond acceptors (Lipinski definition) is 4. The van der Waals surface area contributed by atoms with E-state index in [2.05, 4.69) is 15.2 Å². The van der Waals surface area contributed by atoms with Crippen LogP contribution in [0.3, 0.4) is 0 Å². The molecule has 29 heavy (non-hydrogen) atoms. The molecule has 4 rings (SSSR count). The molecular weight excluding hydrogens is 376 g/mol. The number of likely N-dealkylation sites (N-methyl/N-ethyl adjacent to an activating group) is 1. The summed E-state index contributed by atoms with van der Waals surface area (Å²) in [6, 6.07) is 10.8. The van der Waals surface area contributed by atoms with Crippen molar-refractivity contribution >= 4 is 11.7 Å². The minimum atomic E-state index is -1.01. The molecule has 1 aromatic heterocycles. The van der Waals surface area contributed by atoms with Crippen LogP contribution in [0.25, 0.3) is 11.1 Å². The van der Waals surface area contributed by atoms with E-state index in [1.54, 1.807) is 0 Å². The fourth-order valence-corrected chi connectivity index (χ4v) is 3.77. The molecule has 0 spiro atoms. The molecule has 0 fully saturated rings. The first-order valence-corrected chi connectivity index (χ1v) is 9.13. The van der Waals surface area contributed by atoms with Gasteiger partial charge < -0.3 is 10.4 Å². The minimum Gasteiger partial charge on any atom is -0.478 e. The summed E-state index contributed by atoms with van der Waals surface area (Å²) < 4.78 is 27.3. The number of benzene rings is 2. The molecule has 0 bridgehead atoms. The average Bonchev–Trinajstić information content (AvgIpc) is 3.00. The molecule has 0 saturated heterocycles. The first-order valence-electron chi connectivity index (χ1n) is 9.13. The van der Waals surface area contributed by atoms with Crippen LogP contribution in [0.4, 0.5) is 14.5 Å². The van der Waals surface area contributed by atoms with Gasteiger partial charge in [0.25, 0.3) is 0 Å². The Morgan fingerprint density at radius 2 is 2.07 bits per heavy atom. The molecule has 0 aliphatic carbocycles. The van der Waals surface area contributed by atoms with E-state index in [0.717, 1.165) is 17.2 Å². The number of carboxylic acid groups (broad SMARTS) is 1. The lowest BCUT2D eigenvalue weighted by atomic mass is 9.97. The lowest BCUT2D eigenvalue weighted by molar-refractivity contribution is 0.0697. The maximum Gasteiger partial charge on any atom is 0.337 e.